The number of nitrogens with one attached hydrogen (secondary N) is 2. The maximum absolute atomic E-state index is 11.9. The fourth-order valence-electron chi connectivity index (χ4n) is 1.86. The summed E-state index contributed by atoms with van der Waals surface area (Å²) < 4.78 is 4.92. The number of non-ortho nitro benzene ring substituents is 1. The molecule has 1 heterocycles. The SMILES string of the molecule is Cc1ccc([N+](=O)[O-])cc1NC(=O)CCNC(=O)c1ccco1. The maximum atomic E-state index is 11.9. The summed E-state index contributed by atoms with van der Waals surface area (Å²) in [7, 11) is 0. The topological polar surface area (TPSA) is 114 Å². The highest BCUT2D eigenvalue weighted by molar-refractivity contribution is 5.94. The largest absolute Gasteiger partial charge is 0.459 e. The summed E-state index contributed by atoms with van der Waals surface area (Å²) in [5.41, 5.74) is 0.988. The summed E-state index contributed by atoms with van der Waals surface area (Å²) in [6.45, 7) is 1.86. The molecule has 0 saturated heterocycles. The number of rotatable bonds is 6. The minimum atomic E-state index is -0.529. The molecule has 2 aromatic rings. The standard InChI is InChI=1S/C15H15N3O5/c1-10-4-5-11(18(21)22)9-12(10)17-14(19)6-7-16-15(20)13-3-2-8-23-13/h2-5,8-9H,6-7H2,1H3,(H,16,20)(H,17,19). The van der Waals surface area contributed by atoms with Crippen LogP contribution in [0, 0.1) is 17.0 Å². The van der Waals surface area contributed by atoms with Crippen LogP contribution in [0.3, 0.4) is 0 Å². The van der Waals surface area contributed by atoms with Crippen LogP contribution >= 0.6 is 0 Å². The Bertz CT molecular complexity index is 725. The molecule has 1 aromatic carbocycles. The molecule has 120 valence electrons. The number of nitro groups is 1. The molecule has 2 amide bonds. The van der Waals surface area contributed by atoms with Crippen LogP contribution < -0.4 is 10.6 Å². The zero-order valence-corrected chi connectivity index (χ0v) is 12.4. The van der Waals surface area contributed by atoms with Gasteiger partial charge in [-0.3, -0.25) is 19.7 Å². The molecule has 8 heteroatoms. The van der Waals surface area contributed by atoms with E-state index in [2.05, 4.69) is 10.6 Å². The first-order valence-corrected chi connectivity index (χ1v) is 6.84. The van der Waals surface area contributed by atoms with Gasteiger partial charge in [-0.2, -0.15) is 0 Å². The molecule has 1 aromatic heterocycles. The first-order chi connectivity index (χ1) is 11.0. The number of hydrogen-bond acceptors (Lipinski definition) is 5. The second-order valence-corrected chi connectivity index (χ2v) is 4.79. The van der Waals surface area contributed by atoms with Crippen LogP contribution in [0.2, 0.25) is 0 Å². The quantitative estimate of drug-likeness (QED) is 0.626. The van der Waals surface area contributed by atoms with E-state index in [4.69, 9.17) is 4.42 Å². The van der Waals surface area contributed by atoms with Gasteiger partial charge >= 0.3 is 0 Å². The lowest BCUT2D eigenvalue weighted by molar-refractivity contribution is -0.384. The lowest BCUT2D eigenvalue weighted by Crippen LogP contribution is -2.27. The molecule has 0 aliphatic heterocycles. The molecule has 0 bridgehead atoms. The van der Waals surface area contributed by atoms with Crippen molar-refractivity contribution in [2.75, 3.05) is 11.9 Å². The molecule has 0 atom stereocenters. The van der Waals surface area contributed by atoms with Gasteiger partial charge in [-0.1, -0.05) is 6.07 Å². The van der Waals surface area contributed by atoms with Gasteiger partial charge in [0.05, 0.1) is 16.9 Å². The van der Waals surface area contributed by atoms with Crippen LogP contribution in [-0.2, 0) is 4.79 Å². The molecule has 8 nitrogen and oxygen atoms in total. The Kier molecular flexibility index (Phi) is 5.08. The molecule has 0 aliphatic carbocycles. The predicted octanol–water partition coefficient (Wildman–Crippen LogP) is 2.25. The van der Waals surface area contributed by atoms with Crippen LogP contribution in [0.1, 0.15) is 22.5 Å². The molecule has 0 aliphatic rings. The van der Waals surface area contributed by atoms with E-state index >= 15 is 0 Å². The number of hydrogen-bond donors (Lipinski definition) is 2. The molecular formula is C15H15N3O5. The Morgan fingerprint density at radius 2 is 2.09 bits per heavy atom. The Morgan fingerprint density at radius 1 is 1.30 bits per heavy atom. The summed E-state index contributed by atoms with van der Waals surface area (Å²) in [6, 6.07) is 7.34. The lowest BCUT2D eigenvalue weighted by atomic mass is 10.2. The van der Waals surface area contributed by atoms with Gasteiger partial charge in [-0.25, -0.2) is 0 Å². The van der Waals surface area contributed by atoms with Gasteiger partial charge in [-0.15, -0.1) is 0 Å². The number of anilines is 1. The summed E-state index contributed by atoms with van der Waals surface area (Å²) >= 11 is 0. The number of furan rings is 1. The lowest BCUT2D eigenvalue weighted by Gasteiger charge is -2.08. The second kappa shape index (κ2) is 7.21. The van der Waals surface area contributed by atoms with E-state index in [9.17, 15) is 19.7 Å². The van der Waals surface area contributed by atoms with Crippen LogP contribution in [-0.4, -0.2) is 23.3 Å². The van der Waals surface area contributed by atoms with Crippen molar-refractivity contribution in [3.63, 3.8) is 0 Å². The zero-order valence-electron chi connectivity index (χ0n) is 12.4. The third-order valence-electron chi connectivity index (χ3n) is 3.09. The van der Waals surface area contributed by atoms with E-state index in [0.29, 0.717) is 11.3 Å². The van der Waals surface area contributed by atoms with Crippen molar-refractivity contribution < 1.29 is 18.9 Å². The minimum absolute atomic E-state index is 0.0363. The molecule has 2 N–H and O–H groups in total. The van der Waals surface area contributed by atoms with Gasteiger partial charge in [0.25, 0.3) is 11.6 Å². The van der Waals surface area contributed by atoms with Gasteiger partial charge in [0.15, 0.2) is 5.76 Å². The summed E-state index contributed by atoms with van der Waals surface area (Å²) in [5, 5.41) is 15.9. The average molecular weight is 317 g/mol. The molecule has 0 fully saturated rings. The van der Waals surface area contributed by atoms with Crippen molar-refractivity contribution in [3.8, 4) is 0 Å². The van der Waals surface area contributed by atoms with E-state index in [0.717, 1.165) is 0 Å². The molecular weight excluding hydrogens is 302 g/mol. The van der Waals surface area contributed by atoms with Gasteiger partial charge < -0.3 is 15.1 Å². The van der Waals surface area contributed by atoms with E-state index in [1.807, 2.05) is 0 Å². The number of benzene rings is 1. The van der Waals surface area contributed by atoms with Crippen molar-refractivity contribution in [3.05, 3.63) is 58.0 Å². The van der Waals surface area contributed by atoms with Crippen molar-refractivity contribution in [2.45, 2.75) is 13.3 Å². The van der Waals surface area contributed by atoms with Crippen LogP contribution in [0.25, 0.3) is 0 Å². The van der Waals surface area contributed by atoms with E-state index < -0.39 is 10.8 Å². The van der Waals surface area contributed by atoms with Gasteiger partial charge in [-0.05, 0) is 24.6 Å². The van der Waals surface area contributed by atoms with Crippen molar-refractivity contribution in [1.82, 2.24) is 5.32 Å². The molecule has 2 rings (SSSR count). The number of amides is 2. The van der Waals surface area contributed by atoms with Crippen molar-refractivity contribution >= 4 is 23.2 Å². The number of nitrogens with zero attached hydrogens (tertiary/aromatic N) is 1. The fraction of sp³-hybridized carbons (Fsp3) is 0.200. The highest BCUT2D eigenvalue weighted by atomic mass is 16.6. The first-order valence-electron chi connectivity index (χ1n) is 6.84. The van der Waals surface area contributed by atoms with Crippen LogP contribution in [0.4, 0.5) is 11.4 Å². The summed E-state index contributed by atoms with van der Waals surface area (Å²) in [6.07, 6.45) is 1.42. The number of nitro benzene ring substituents is 1. The number of carbonyl (C=O) groups is 2. The van der Waals surface area contributed by atoms with E-state index in [1.165, 1.54) is 24.5 Å². The first kappa shape index (κ1) is 16.2. The molecule has 0 radical (unpaired) electrons. The van der Waals surface area contributed by atoms with Gasteiger partial charge in [0, 0.05) is 25.1 Å². The fourth-order valence-corrected chi connectivity index (χ4v) is 1.86. The molecule has 0 spiro atoms. The second-order valence-electron chi connectivity index (χ2n) is 4.79. The highest BCUT2D eigenvalue weighted by Crippen LogP contribution is 2.21. The zero-order chi connectivity index (χ0) is 16.8. The summed E-state index contributed by atoms with van der Waals surface area (Å²) in [4.78, 5) is 33.7. The average Bonchev–Trinajstić information content (AvgIpc) is 3.03. The van der Waals surface area contributed by atoms with E-state index in [-0.39, 0.29) is 30.3 Å². The molecule has 23 heavy (non-hydrogen) atoms. The third-order valence-corrected chi connectivity index (χ3v) is 3.09. The normalized spacial score (nSPS) is 10.1. The Labute approximate surface area is 131 Å². The monoisotopic (exact) mass is 317 g/mol. The van der Waals surface area contributed by atoms with Crippen molar-refractivity contribution in [1.29, 1.82) is 0 Å². The molecule has 0 unspecified atom stereocenters. The minimum Gasteiger partial charge on any atom is -0.459 e. The third kappa shape index (κ3) is 4.40. The van der Waals surface area contributed by atoms with Crippen molar-refractivity contribution in [2.24, 2.45) is 0 Å². The highest BCUT2D eigenvalue weighted by Gasteiger charge is 2.12. The Morgan fingerprint density at radius 3 is 2.74 bits per heavy atom. The Balaban J connectivity index is 1.86. The smallest absolute Gasteiger partial charge is 0.286 e. The van der Waals surface area contributed by atoms with E-state index in [1.54, 1.807) is 19.1 Å². The predicted molar refractivity (Wildman–Crippen MR) is 82.1 cm³/mol. The van der Waals surface area contributed by atoms with Gasteiger partial charge in [0.1, 0.15) is 0 Å². The molecule has 0 saturated carbocycles. The van der Waals surface area contributed by atoms with Crippen LogP contribution in [0.5, 0.6) is 0 Å². The number of carbonyl (C=O) groups excluding carboxylic acids is 2. The summed E-state index contributed by atoms with van der Waals surface area (Å²) in [5.74, 6) is -0.595. The van der Waals surface area contributed by atoms with Crippen LogP contribution in [0.15, 0.2) is 41.0 Å². The van der Waals surface area contributed by atoms with Gasteiger partial charge in [0.2, 0.25) is 5.91 Å². The Hall–Kier alpha value is -3.16. The maximum Gasteiger partial charge on any atom is 0.286 e. The number of aryl methyl sites for hydroxylation is 1.